The molecule has 0 bridgehead atoms. The van der Waals surface area contributed by atoms with Crippen molar-refractivity contribution in [3.05, 3.63) is 239 Å². The number of aldehydes is 1. The lowest BCUT2D eigenvalue weighted by Gasteiger charge is -2.38. The maximum Gasteiger partial charge on any atom is 0.410 e. The molecule has 7 N–H and O–H groups in total. The van der Waals surface area contributed by atoms with Crippen molar-refractivity contribution in [1.82, 2.24) is 26.3 Å². The van der Waals surface area contributed by atoms with E-state index >= 15 is 0 Å². The van der Waals surface area contributed by atoms with Crippen molar-refractivity contribution in [2.45, 2.75) is 64.5 Å². The standard InChI is InChI=1S/C30H36N4O6S.C28H26N2O2.C10H7NO.H3N/c1-30(2,3)40-29(35)33-16-15-22-17-27(39-19-21-11-7-5-8-12-21)26(38-4)18-24(22)25(33)20-41(36,37)28(31)34(32)23-13-9-6-10-14-23;1-31-27-18-24-23(17-28(27)32-19-21-6-3-2-4-7-21)13-15-30-25(24)12-10-20-9-11-22-8-5-14-29-26(22)16-20;12-7-8-3-4-10-9(6-8)2-1-5-11-10;/h5-14,17-18,25,31H,15-16,19-20,32H2,1-4H3;2-12,14,16-18,25,30H,13,15,19H2,1H3;1-7H;1H3/b;12-10+;;. The Hall–Kier alpha value is -9.46. The Morgan fingerprint density at radius 1 is 0.686 bits per heavy atom. The average Bonchev–Trinajstić information content (AvgIpc) is 1.53. The average molecular weight is 1180 g/mol. The van der Waals surface area contributed by atoms with Gasteiger partial charge in [-0.05, 0) is 145 Å². The van der Waals surface area contributed by atoms with Gasteiger partial charge in [0.25, 0.3) is 0 Å². The van der Waals surface area contributed by atoms with Crippen molar-refractivity contribution in [2.24, 2.45) is 5.84 Å². The Morgan fingerprint density at radius 2 is 1.26 bits per heavy atom. The molecule has 2 aliphatic heterocycles. The molecule has 17 nitrogen and oxygen atoms in total. The van der Waals surface area contributed by atoms with Gasteiger partial charge in [0.1, 0.15) is 25.1 Å². The van der Waals surface area contributed by atoms with Crippen LogP contribution in [0, 0.1) is 5.41 Å². The number of carbonyl (C=O) groups excluding carboxylic acids is 2. The van der Waals surface area contributed by atoms with E-state index in [1.807, 2.05) is 91.1 Å². The van der Waals surface area contributed by atoms with Crippen LogP contribution in [0.1, 0.15) is 82.2 Å². The Labute approximate surface area is 502 Å². The molecular formula is C68H72N8O9S. The van der Waals surface area contributed by atoms with Crippen molar-refractivity contribution in [3.8, 4) is 23.0 Å². The van der Waals surface area contributed by atoms with E-state index in [9.17, 15) is 18.0 Å². The molecular weight excluding hydrogens is 1100 g/mol. The minimum atomic E-state index is -4.27. The zero-order valence-electron chi connectivity index (χ0n) is 48.9. The van der Waals surface area contributed by atoms with E-state index in [1.165, 1.54) is 23.1 Å². The van der Waals surface area contributed by atoms with E-state index in [2.05, 4.69) is 76.0 Å². The summed E-state index contributed by atoms with van der Waals surface area (Å²) in [5, 5.41) is 14.2. The number of amides is 1. The molecule has 2 aromatic heterocycles. The van der Waals surface area contributed by atoms with Crippen molar-refractivity contribution in [1.29, 1.82) is 5.41 Å². The molecule has 7 aromatic carbocycles. The number of sulfone groups is 1. The largest absolute Gasteiger partial charge is 0.493 e. The van der Waals surface area contributed by atoms with Crippen LogP contribution in [-0.2, 0) is 40.6 Å². The van der Waals surface area contributed by atoms with Crippen molar-refractivity contribution >= 4 is 61.0 Å². The number of methoxy groups -OCH3 is 2. The number of hydrogen-bond acceptors (Lipinski definition) is 15. The minimum absolute atomic E-state index is 0. The lowest BCUT2D eigenvalue weighted by atomic mass is 9.93. The second-order valence-corrected chi connectivity index (χ2v) is 23.2. The van der Waals surface area contributed by atoms with Crippen LogP contribution in [-0.4, -0.2) is 79.5 Å². The Balaban J connectivity index is 0.000000188. The van der Waals surface area contributed by atoms with Gasteiger partial charge in [0.05, 0.1) is 48.8 Å². The summed E-state index contributed by atoms with van der Waals surface area (Å²) in [5.41, 5.74) is 9.34. The number of nitrogens with zero attached hydrogens (tertiary/aromatic N) is 4. The first kappa shape index (κ1) is 62.6. The first-order valence-corrected chi connectivity index (χ1v) is 29.5. The van der Waals surface area contributed by atoms with Crippen LogP contribution in [0.15, 0.2) is 194 Å². The number of anilines is 1. The summed E-state index contributed by atoms with van der Waals surface area (Å²) in [4.78, 5) is 33.7. The van der Waals surface area contributed by atoms with Gasteiger partial charge in [-0.2, -0.15) is 0 Å². The van der Waals surface area contributed by atoms with Gasteiger partial charge in [-0.25, -0.2) is 19.1 Å². The van der Waals surface area contributed by atoms with Crippen molar-refractivity contribution < 1.29 is 41.7 Å². The fourth-order valence-electron chi connectivity index (χ4n) is 9.92. The Bertz CT molecular complexity index is 3920. The summed E-state index contributed by atoms with van der Waals surface area (Å²) in [5.74, 6) is 7.92. The fourth-order valence-corrected chi connectivity index (χ4v) is 11.3. The predicted molar refractivity (Wildman–Crippen MR) is 339 cm³/mol. The Kier molecular flexibility index (Phi) is 21.0. The van der Waals surface area contributed by atoms with Crippen molar-refractivity contribution in [2.75, 3.05) is 38.1 Å². The molecule has 0 saturated carbocycles. The Morgan fingerprint density at radius 3 is 1.86 bits per heavy atom. The number of ether oxygens (including phenoxy) is 5. The van der Waals surface area contributed by atoms with Gasteiger partial charge in [-0.1, -0.05) is 115 Å². The first-order valence-electron chi connectivity index (χ1n) is 27.8. The highest BCUT2D eigenvalue weighted by molar-refractivity contribution is 8.06. The third-order valence-corrected chi connectivity index (χ3v) is 15.7. The number of amidine groups is 1. The molecule has 86 heavy (non-hydrogen) atoms. The number of rotatable bonds is 14. The molecule has 2 unspecified atom stereocenters. The van der Waals surface area contributed by atoms with Crippen LogP contribution < -0.4 is 41.3 Å². The highest BCUT2D eigenvalue weighted by atomic mass is 32.2. The lowest BCUT2D eigenvalue weighted by Crippen LogP contribution is -2.48. The number of nitrogens with two attached hydrogens (primary N) is 1. The van der Waals surface area contributed by atoms with E-state index in [4.69, 9.17) is 34.9 Å². The van der Waals surface area contributed by atoms with Crippen LogP contribution in [0.2, 0.25) is 0 Å². The highest BCUT2D eigenvalue weighted by Crippen LogP contribution is 2.41. The second kappa shape index (κ2) is 28.9. The maximum atomic E-state index is 13.6. The summed E-state index contributed by atoms with van der Waals surface area (Å²) in [6.45, 7) is 7.21. The molecule has 444 valence electrons. The van der Waals surface area contributed by atoms with E-state index in [1.54, 1.807) is 76.5 Å². The normalized spacial score (nSPS) is 14.4. The van der Waals surface area contributed by atoms with Gasteiger partial charge in [-0.15, -0.1) is 0 Å². The molecule has 0 spiro atoms. The number of hydrazine groups is 1. The van der Waals surface area contributed by atoms with Gasteiger partial charge in [0.2, 0.25) is 15.0 Å². The number of benzene rings is 7. The van der Waals surface area contributed by atoms with Gasteiger partial charge in [-0.3, -0.25) is 30.1 Å². The van der Waals surface area contributed by atoms with Crippen LogP contribution in [0.5, 0.6) is 23.0 Å². The van der Waals surface area contributed by atoms with Gasteiger partial charge < -0.3 is 35.2 Å². The summed E-state index contributed by atoms with van der Waals surface area (Å²) in [6, 6.07) is 54.8. The SMILES string of the molecule is COc1cc2c(cc1OCc1ccccc1)CCN(C(=O)OC(C)(C)C)C2CS(=O)(=O)C(=N)N(N)c1ccccc1.COc1cc2c(cc1OCc1ccccc1)CCNC2/C=C/c1ccc2cccnc2c1.N.O=Cc1ccc2ncccc2c1. The second-order valence-electron chi connectivity index (χ2n) is 21.3. The molecule has 18 heteroatoms. The predicted octanol–water partition coefficient (Wildman–Crippen LogP) is 12.8. The first-order chi connectivity index (χ1) is 41.1. The van der Waals surface area contributed by atoms with Crippen LogP contribution in [0.3, 0.4) is 0 Å². The number of pyridine rings is 2. The molecule has 1 amide bonds. The number of nitrogens with one attached hydrogen (secondary N) is 2. The maximum absolute atomic E-state index is 13.6. The van der Waals surface area contributed by atoms with Crippen molar-refractivity contribution in [3.63, 3.8) is 0 Å². The van der Waals surface area contributed by atoms with E-state index in [0.717, 1.165) is 79.8 Å². The van der Waals surface area contributed by atoms with E-state index < -0.39 is 38.5 Å². The summed E-state index contributed by atoms with van der Waals surface area (Å²) >= 11 is 0. The third-order valence-electron chi connectivity index (χ3n) is 14.2. The fraction of sp³-hybridized carbons (Fsp3) is 0.221. The van der Waals surface area contributed by atoms with E-state index in [0.29, 0.717) is 47.9 Å². The molecule has 2 atom stereocenters. The van der Waals surface area contributed by atoms with Crippen LogP contribution in [0.4, 0.5) is 10.5 Å². The van der Waals surface area contributed by atoms with Gasteiger partial charge in [0, 0.05) is 41.8 Å². The van der Waals surface area contributed by atoms with E-state index in [-0.39, 0.29) is 18.7 Å². The number of para-hydroxylation sites is 1. The summed E-state index contributed by atoms with van der Waals surface area (Å²) < 4.78 is 56.3. The zero-order valence-corrected chi connectivity index (χ0v) is 49.7. The smallest absolute Gasteiger partial charge is 0.410 e. The zero-order chi connectivity index (χ0) is 59.9. The molecule has 11 rings (SSSR count). The molecule has 2 aliphatic rings. The third kappa shape index (κ3) is 16.0. The van der Waals surface area contributed by atoms with Crippen LogP contribution in [0.25, 0.3) is 27.9 Å². The lowest BCUT2D eigenvalue weighted by molar-refractivity contribution is 0.0162. The van der Waals surface area contributed by atoms with Crippen LogP contribution >= 0.6 is 0 Å². The molecule has 0 aliphatic carbocycles. The summed E-state index contributed by atoms with van der Waals surface area (Å²) in [7, 11) is -1.08. The molecule has 0 radical (unpaired) electrons. The quantitative estimate of drug-likeness (QED) is 0.0260. The number of hydrogen-bond donors (Lipinski definition) is 4. The molecule has 4 heterocycles. The monoisotopic (exact) mass is 1180 g/mol. The van der Waals surface area contributed by atoms with Gasteiger partial charge >= 0.3 is 6.09 Å². The minimum Gasteiger partial charge on any atom is -0.493 e. The summed E-state index contributed by atoms with van der Waals surface area (Å²) in [6.07, 6.45) is 9.55. The highest BCUT2D eigenvalue weighted by Gasteiger charge is 2.39. The topological polar surface area (TPSA) is 244 Å². The molecule has 0 saturated heterocycles. The number of aromatic nitrogens is 2. The number of fused-ring (bicyclic) bond motifs is 4. The molecule has 0 fully saturated rings. The molecule has 9 aromatic rings. The van der Waals surface area contributed by atoms with Gasteiger partial charge in [0.15, 0.2) is 23.0 Å². The number of carbonyl (C=O) groups is 2.